The monoisotopic (exact) mass is 276 g/mol. The molecule has 1 saturated heterocycles. The Balaban J connectivity index is 2.46. The highest BCUT2D eigenvalue weighted by atomic mass is 32.2. The van der Waals surface area contributed by atoms with Crippen molar-refractivity contribution in [1.82, 2.24) is 10.2 Å². The standard InChI is InChI=1S/C11H20N2O4S/c1-13(8-3-5-17-7-8)11(16)12-9(10(14)15)4-6-18-2/h8-9H,3-7H2,1-2H3,(H,12,16)(H,14,15). The summed E-state index contributed by atoms with van der Waals surface area (Å²) in [6.07, 6.45) is 3.13. The summed E-state index contributed by atoms with van der Waals surface area (Å²) in [6, 6.07) is -1.13. The van der Waals surface area contributed by atoms with E-state index in [0.717, 1.165) is 6.42 Å². The Bertz CT molecular complexity index is 295. The first-order valence-corrected chi connectivity index (χ1v) is 7.28. The molecule has 1 rings (SSSR count). The van der Waals surface area contributed by atoms with Crippen molar-refractivity contribution in [2.45, 2.75) is 24.9 Å². The number of ether oxygens (including phenoxy) is 1. The van der Waals surface area contributed by atoms with Crippen LogP contribution in [0.3, 0.4) is 0 Å². The van der Waals surface area contributed by atoms with Crippen molar-refractivity contribution in [2.24, 2.45) is 0 Å². The molecule has 7 heteroatoms. The number of carboxylic acids is 1. The fourth-order valence-electron chi connectivity index (χ4n) is 1.74. The van der Waals surface area contributed by atoms with E-state index < -0.39 is 12.0 Å². The molecule has 0 radical (unpaired) electrons. The van der Waals surface area contributed by atoms with Crippen molar-refractivity contribution in [1.29, 1.82) is 0 Å². The number of amides is 2. The predicted molar refractivity (Wildman–Crippen MR) is 69.9 cm³/mol. The number of urea groups is 1. The fraction of sp³-hybridized carbons (Fsp3) is 0.818. The van der Waals surface area contributed by atoms with Gasteiger partial charge in [-0.1, -0.05) is 0 Å². The van der Waals surface area contributed by atoms with Gasteiger partial charge in [0, 0.05) is 13.7 Å². The SMILES string of the molecule is CSCCC(NC(=O)N(C)C1CCOC1)C(=O)O. The van der Waals surface area contributed by atoms with E-state index in [-0.39, 0.29) is 12.1 Å². The Labute approximate surface area is 111 Å². The maximum absolute atomic E-state index is 11.9. The zero-order chi connectivity index (χ0) is 13.5. The number of aliphatic carboxylic acids is 1. The molecular weight excluding hydrogens is 256 g/mol. The number of rotatable bonds is 6. The third-order valence-electron chi connectivity index (χ3n) is 2.98. The number of nitrogens with zero attached hydrogens (tertiary/aromatic N) is 1. The molecular formula is C11H20N2O4S. The summed E-state index contributed by atoms with van der Waals surface area (Å²) in [5.74, 6) is -0.290. The minimum Gasteiger partial charge on any atom is -0.480 e. The molecule has 0 saturated carbocycles. The Kier molecular flexibility index (Phi) is 6.28. The van der Waals surface area contributed by atoms with E-state index in [4.69, 9.17) is 9.84 Å². The lowest BCUT2D eigenvalue weighted by Crippen LogP contribution is -2.50. The number of hydrogen-bond donors (Lipinski definition) is 2. The lowest BCUT2D eigenvalue weighted by molar-refractivity contribution is -0.139. The molecule has 2 unspecified atom stereocenters. The largest absolute Gasteiger partial charge is 0.480 e. The van der Waals surface area contributed by atoms with Crippen LogP contribution in [-0.4, -0.2) is 66.4 Å². The van der Waals surface area contributed by atoms with Gasteiger partial charge >= 0.3 is 12.0 Å². The lowest BCUT2D eigenvalue weighted by atomic mass is 10.2. The van der Waals surface area contributed by atoms with E-state index in [1.807, 2.05) is 6.26 Å². The Morgan fingerprint density at radius 2 is 2.33 bits per heavy atom. The molecule has 6 nitrogen and oxygen atoms in total. The first-order chi connectivity index (χ1) is 8.56. The number of carbonyl (C=O) groups excluding carboxylic acids is 1. The molecule has 0 aromatic heterocycles. The van der Waals surface area contributed by atoms with E-state index in [1.54, 1.807) is 18.8 Å². The topological polar surface area (TPSA) is 78.9 Å². The van der Waals surface area contributed by atoms with Crippen molar-refractivity contribution in [3.05, 3.63) is 0 Å². The Hall–Kier alpha value is -0.950. The molecule has 1 heterocycles. The van der Waals surface area contributed by atoms with Gasteiger partial charge in [0.15, 0.2) is 0 Å². The first kappa shape index (κ1) is 15.1. The summed E-state index contributed by atoms with van der Waals surface area (Å²) in [7, 11) is 1.67. The average Bonchev–Trinajstić information content (AvgIpc) is 2.86. The average molecular weight is 276 g/mol. The zero-order valence-corrected chi connectivity index (χ0v) is 11.5. The fourth-order valence-corrected chi connectivity index (χ4v) is 2.21. The van der Waals surface area contributed by atoms with Crippen LogP contribution in [0.2, 0.25) is 0 Å². The molecule has 18 heavy (non-hydrogen) atoms. The second-order valence-electron chi connectivity index (χ2n) is 4.25. The van der Waals surface area contributed by atoms with Crippen LogP contribution >= 0.6 is 11.8 Å². The van der Waals surface area contributed by atoms with Crippen LogP contribution in [0.4, 0.5) is 4.79 Å². The summed E-state index contributed by atoms with van der Waals surface area (Å²) < 4.78 is 5.20. The van der Waals surface area contributed by atoms with E-state index in [2.05, 4.69) is 5.32 Å². The summed E-state index contributed by atoms with van der Waals surface area (Å²) in [5.41, 5.74) is 0. The zero-order valence-electron chi connectivity index (χ0n) is 10.7. The highest BCUT2D eigenvalue weighted by Crippen LogP contribution is 2.11. The first-order valence-electron chi connectivity index (χ1n) is 5.89. The number of hydrogen-bond acceptors (Lipinski definition) is 4. The van der Waals surface area contributed by atoms with Crippen molar-refractivity contribution in [2.75, 3.05) is 32.3 Å². The summed E-state index contributed by atoms with van der Waals surface area (Å²) >= 11 is 1.56. The maximum Gasteiger partial charge on any atom is 0.326 e. The molecule has 2 atom stereocenters. The smallest absolute Gasteiger partial charge is 0.326 e. The van der Waals surface area contributed by atoms with Crippen molar-refractivity contribution in [3.8, 4) is 0 Å². The third kappa shape index (κ3) is 4.38. The molecule has 2 amide bonds. The van der Waals surface area contributed by atoms with Gasteiger partial charge in [-0.25, -0.2) is 9.59 Å². The number of likely N-dealkylation sites (N-methyl/N-ethyl adjacent to an activating group) is 1. The van der Waals surface area contributed by atoms with Crippen LogP contribution in [0.5, 0.6) is 0 Å². The number of carboxylic acid groups (broad SMARTS) is 1. The van der Waals surface area contributed by atoms with Crippen molar-refractivity contribution in [3.63, 3.8) is 0 Å². The van der Waals surface area contributed by atoms with E-state index >= 15 is 0 Å². The number of nitrogens with one attached hydrogen (secondary N) is 1. The van der Waals surface area contributed by atoms with Gasteiger partial charge in [0.1, 0.15) is 6.04 Å². The molecule has 1 aliphatic rings. The van der Waals surface area contributed by atoms with Gasteiger partial charge < -0.3 is 20.1 Å². The predicted octanol–water partition coefficient (Wildman–Crippen LogP) is 0.623. The van der Waals surface area contributed by atoms with Crippen LogP contribution in [0.15, 0.2) is 0 Å². The van der Waals surface area contributed by atoms with Crippen LogP contribution in [-0.2, 0) is 9.53 Å². The third-order valence-corrected chi connectivity index (χ3v) is 3.62. The van der Waals surface area contributed by atoms with E-state index in [0.29, 0.717) is 25.4 Å². The number of thioether (sulfide) groups is 1. The second-order valence-corrected chi connectivity index (χ2v) is 5.24. The normalized spacial score (nSPS) is 20.4. The molecule has 104 valence electrons. The molecule has 0 aliphatic carbocycles. The summed E-state index contributed by atoms with van der Waals surface area (Å²) in [6.45, 7) is 1.17. The quantitative estimate of drug-likeness (QED) is 0.743. The molecule has 0 spiro atoms. The highest BCUT2D eigenvalue weighted by molar-refractivity contribution is 7.98. The van der Waals surface area contributed by atoms with E-state index in [1.165, 1.54) is 4.90 Å². The van der Waals surface area contributed by atoms with Crippen molar-refractivity contribution < 1.29 is 19.4 Å². The second kappa shape index (κ2) is 7.48. The van der Waals surface area contributed by atoms with E-state index in [9.17, 15) is 9.59 Å². The van der Waals surface area contributed by atoms with Gasteiger partial charge in [-0.2, -0.15) is 11.8 Å². The molecule has 0 bridgehead atoms. The molecule has 0 aromatic rings. The van der Waals surface area contributed by atoms with Gasteiger partial charge in [-0.3, -0.25) is 0 Å². The highest BCUT2D eigenvalue weighted by Gasteiger charge is 2.27. The van der Waals surface area contributed by atoms with Crippen LogP contribution in [0.1, 0.15) is 12.8 Å². The van der Waals surface area contributed by atoms with Crippen LogP contribution < -0.4 is 5.32 Å². The van der Waals surface area contributed by atoms with Gasteiger partial charge in [0.25, 0.3) is 0 Å². The Morgan fingerprint density at radius 3 is 2.83 bits per heavy atom. The van der Waals surface area contributed by atoms with Gasteiger partial charge in [-0.15, -0.1) is 0 Å². The minimum atomic E-state index is -0.992. The van der Waals surface area contributed by atoms with Crippen LogP contribution in [0.25, 0.3) is 0 Å². The van der Waals surface area contributed by atoms with Gasteiger partial charge in [0.05, 0.1) is 12.6 Å². The van der Waals surface area contributed by atoms with Gasteiger partial charge in [0.2, 0.25) is 0 Å². The molecule has 1 fully saturated rings. The lowest BCUT2D eigenvalue weighted by Gasteiger charge is -2.25. The van der Waals surface area contributed by atoms with Crippen LogP contribution in [0, 0.1) is 0 Å². The summed E-state index contributed by atoms with van der Waals surface area (Å²) in [5, 5.41) is 11.6. The van der Waals surface area contributed by atoms with Gasteiger partial charge in [-0.05, 0) is 24.9 Å². The maximum atomic E-state index is 11.9. The minimum absolute atomic E-state index is 0.0417. The molecule has 2 N–H and O–H groups in total. The number of carbonyl (C=O) groups is 2. The molecule has 1 aliphatic heterocycles. The van der Waals surface area contributed by atoms with Crippen molar-refractivity contribution >= 4 is 23.8 Å². The molecule has 0 aromatic carbocycles. The summed E-state index contributed by atoms with van der Waals surface area (Å²) in [4.78, 5) is 24.4. The Morgan fingerprint density at radius 1 is 1.61 bits per heavy atom.